The Bertz CT molecular complexity index is 1090. The first-order valence-corrected chi connectivity index (χ1v) is 10.7. The van der Waals surface area contributed by atoms with Crippen LogP contribution in [0.5, 0.6) is 23.0 Å². The predicted octanol–water partition coefficient (Wildman–Crippen LogP) is 3.18. The Hall–Kier alpha value is -3.72. The van der Waals surface area contributed by atoms with Crippen LogP contribution in [0.2, 0.25) is 0 Å². The molecule has 0 bridgehead atoms. The van der Waals surface area contributed by atoms with Crippen LogP contribution in [0, 0.1) is 0 Å². The number of nitrogens with zero attached hydrogens (tertiary/aromatic N) is 1. The van der Waals surface area contributed by atoms with E-state index in [1.165, 1.54) is 33.3 Å². The zero-order chi connectivity index (χ0) is 24.8. The number of ketones is 1. The molecule has 2 aromatic carbocycles. The van der Waals surface area contributed by atoms with Gasteiger partial charge in [-0.2, -0.15) is 0 Å². The molecule has 0 radical (unpaired) electrons. The molecule has 3 rings (SSSR count). The summed E-state index contributed by atoms with van der Waals surface area (Å²) < 4.78 is 26.8. The van der Waals surface area contributed by atoms with E-state index in [0.29, 0.717) is 35.2 Å². The van der Waals surface area contributed by atoms with Gasteiger partial charge in [0.1, 0.15) is 17.3 Å². The number of Topliss-reactive ketones (excluding diaryl/α,β-unsaturated/α-hetero) is 1. The summed E-state index contributed by atoms with van der Waals surface area (Å²) in [7, 11) is 5.99. The summed E-state index contributed by atoms with van der Waals surface area (Å²) in [6.07, 6.45) is 0. The van der Waals surface area contributed by atoms with Gasteiger partial charge >= 0.3 is 0 Å². The zero-order valence-corrected chi connectivity index (χ0v) is 19.9. The highest BCUT2D eigenvalue weighted by Gasteiger charge is 2.46. The number of carbonyl (C=O) groups is 2. The second kappa shape index (κ2) is 10.9. The Morgan fingerprint density at radius 1 is 0.941 bits per heavy atom. The monoisotopic (exact) mass is 471 g/mol. The number of likely N-dealkylation sites (tertiary alicyclic amines) is 1. The van der Waals surface area contributed by atoms with Crippen molar-refractivity contribution in [3.05, 3.63) is 53.1 Å². The second-order valence-corrected chi connectivity index (χ2v) is 7.39. The smallest absolute Gasteiger partial charge is 0.295 e. The van der Waals surface area contributed by atoms with Crippen LogP contribution >= 0.6 is 0 Å². The SMILES string of the molecule is CCOc1cc(C2/C(=C(\O)c3ccc(OC)cc3OC)C(=O)C(=O)N2CCOC)ccc1OC. The van der Waals surface area contributed by atoms with Crippen LogP contribution < -0.4 is 18.9 Å². The van der Waals surface area contributed by atoms with Crippen LogP contribution in [-0.2, 0) is 14.3 Å². The average Bonchev–Trinajstić information content (AvgIpc) is 3.11. The Balaban J connectivity index is 2.23. The minimum atomic E-state index is -0.868. The number of amides is 1. The number of methoxy groups -OCH3 is 4. The maximum atomic E-state index is 13.2. The number of aliphatic hydroxyl groups is 1. The minimum Gasteiger partial charge on any atom is -0.507 e. The van der Waals surface area contributed by atoms with E-state index in [1.54, 1.807) is 36.4 Å². The van der Waals surface area contributed by atoms with Gasteiger partial charge in [0, 0.05) is 19.7 Å². The lowest BCUT2D eigenvalue weighted by Gasteiger charge is -2.26. The van der Waals surface area contributed by atoms with Crippen molar-refractivity contribution < 1.29 is 38.4 Å². The fraction of sp³-hybridized carbons (Fsp3) is 0.360. The summed E-state index contributed by atoms with van der Waals surface area (Å²) >= 11 is 0. The van der Waals surface area contributed by atoms with E-state index in [9.17, 15) is 14.7 Å². The second-order valence-electron chi connectivity index (χ2n) is 7.39. The molecule has 0 aliphatic carbocycles. The molecule has 9 nitrogen and oxygen atoms in total. The number of carbonyl (C=O) groups excluding carboxylic acids is 2. The molecule has 0 aromatic heterocycles. The van der Waals surface area contributed by atoms with E-state index in [1.807, 2.05) is 6.92 Å². The Kier molecular flexibility index (Phi) is 8.01. The van der Waals surface area contributed by atoms with Gasteiger partial charge in [-0.15, -0.1) is 0 Å². The van der Waals surface area contributed by atoms with Crippen molar-refractivity contribution in [2.24, 2.45) is 0 Å². The summed E-state index contributed by atoms with van der Waals surface area (Å²) in [5.74, 6) is -0.102. The Morgan fingerprint density at radius 3 is 2.29 bits per heavy atom. The summed E-state index contributed by atoms with van der Waals surface area (Å²) in [5, 5.41) is 11.3. The molecule has 0 spiro atoms. The highest BCUT2D eigenvalue weighted by Crippen LogP contribution is 2.43. The van der Waals surface area contributed by atoms with E-state index in [-0.39, 0.29) is 30.0 Å². The number of aliphatic hydroxyl groups excluding tert-OH is 1. The highest BCUT2D eigenvalue weighted by atomic mass is 16.5. The van der Waals surface area contributed by atoms with Crippen LogP contribution in [-0.4, -0.2) is 69.9 Å². The van der Waals surface area contributed by atoms with Gasteiger partial charge in [-0.05, 0) is 36.8 Å². The van der Waals surface area contributed by atoms with Gasteiger partial charge in [-0.3, -0.25) is 9.59 Å². The molecular formula is C25H29NO8. The van der Waals surface area contributed by atoms with Gasteiger partial charge in [-0.1, -0.05) is 6.07 Å². The topological polar surface area (TPSA) is 104 Å². The van der Waals surface area contributed by atoms with Crippen molar-refractivity contribution in [1.29, 1.82) is 0 Å². The van der Waals surface area contributed by atoms with E-state index in [0.717, 1.165) is 0 Å². The van der Waals surface area contributed by atoms with Gasteiger partial charge < -0.3 is 33.7 Å². The molecule has 1 amide bonds. The van der Waals surface area contributed by atoms with Crippen LogP contribution in [0.4, 0.5) is 0 Å². The van der Waals surface area contributed by atoms with Gasteiger partial charge in [0.05, 0.1) is 51.7 Å². The van der Waals surface area contributed by atoms with Crippen LogP contribution in [0.25, 0.3) is 5.76 Å². The fourth-order valence-electron chi connectivity index (χ4n) is 3.92. The lowest BCUT2D eigenvalue weighted by molar-refractivity contribution is -0.140. The summed E-state index contributed by atoms with van der Waals surface area (Å²) in [6, 6.07) is 9.07. The number of rotatable bonds is 10. The van der Waals surface area contributed by atoms with E-state index in [4.69, 9.17) is 23.7 Å². The molecular weight excluding hydrogens is 442 g/mol. The standard InChI is InChI=1S/C25H29NO8/c1-6-34-20-13-15(7-10-18(20)32-4)22-21(24(28)25(29)26(22)11-12-30-2)23(27)17-9-8-16(31-3)14-19(17)33-5/h7-10,13-14,22,27H,6,11-12H2,1-5H3/b23-21+. The van der Waals surface area contributed by atoms with Crippen molar-refractivity contribution in [3.8, 4) is 23.0 Å². The number of benzene rings is 2. The summed E-state index contributed by atoms with van der Waals surface area (Å²) in [4.78, 5) is 27.5. The van der Waals surface area contributed by atoms with Gasteiger partial charge in [0.2, 0.25) is 0 Å². The van der Waals surface area contributed by atoms with E-state index < -0.39 is 17.7 Å². The van der Waals surface area contributed by atoms with E-state index >= 15 is 0 Å². The maximum Gasteiger partial charge on any atom is 0.295 e. The first-order valence-electron chi connectivity index (χ1n) is 10.7. The lowest BCUT2D eigenvalue weighted by Crippen LogP contribution is -2.32. The normalized spacial score (nSPS) is 17.1. The first kappa shape index (κ1) is 24.9. The third kappa shape index (κ3) is 4.65. The van der Waals surface area contributed by atoms with Gasteiger partial charge in [0.15, 0.2) is 11.5 Å². The van der Waals surface area contributed by atoms with Crippen molar-refractivity contribution in [1.82, 2.24) is 4.90 Å². The van der Waals surface area contributed by atoms with Crippen molar-refractivity contribution in [2.45, 2.75) is 13.0 Å². The van der Waals surface area contributed by atoms with Crippen molar-refractivity contribution >= 4 is 17.4 Å². The van der Waals surface area contributed by atoms with Crippen LogP contribution in [0.1, 0.15) is 24.1 Å². The van der Waals surface area contributed by atoms with Crippen LogP contribution in [0.3, 0.4) is 0 Å². The van der Waals surface area contributed by atoms with Crippen LogP contribution in [0.15, 0.2) is 42.0 Å². The minimum absolute atomic E-state index is 0.0582. The average molecular weight is 472 g/mol. The van der Waals surface area contributed by atoms with Gasteiger partial charge in [-0.25, -0.2) is 0 Å². The van der Waals surface area contributed by atoms with E-state index in [2.05, 4.69) is 0 Å². The van der Waals surface area contributed by atoms with Gasteiger partial charge in [0.25, 0.3) is 11.7 Å². The quantitative estimate of drug-likeness (QED) is 0.320. The molecule has 9 heteroatoms. The third-order valence-corrected chi connectivity index (χ3v) is 5.54. The van der Waals surface area contributed by atoms with Crippen molar-refractivity contribution in [3.63, 3.8) is 0 Å². The Labute approximate surface area is 198 Å². The predicted molar refractivity (Wildman–Crippen MR) is 125 cm³/mol. The molecule has 0 saturated carbocycles. The molecule has 182 valence electrons. The maximum absolute atomic E-state index is 13.2. The lowest BCUT2D eigenvalue weighted by atomic mass is 9.94. The molecule has 1 fully saturated rings. The highest BCUT2D eigenvalue weighted by molar-refractivity contribution is 6.46. The molecule has 1 unspecified atom stereocenters. The van der Waals surface area contributed by atoms with Crippen molar-refractivity contribution in [2.75, 3.05) is 48.2 Å². The molecule has 1 atom stereocenters. The summed E-state index contributed by atoms with van der Waals surface area (Å²) in [5.41, 5.74) is 0.780. The Morgan fingerprint density at radius 2 is 1.68 bits per heavy atom. The summed E-state index contributed by atoms with van der Waals surface area (Å²) in [6.45, 7) is 2.60. The number of hydrogen-bond acceptors (Lipinski definition) is 8. The third-order valence-electron chi connectivity index (χ3n) is 5.54. The molecule has 1 aliphatic heterocycles. The fourth-order valence-corrected chi connectivity index (χ4v) is 3.92. The molecule has 1 saturated heterocycles. The molecule has 1 aliphatic rings. The zero-order valence-electron chi connectivity index (χ0n) is 19.9. The number of ether oxygens (including phenoxy) is 5. The molecule has 34 heavy (non-hydrogen) atoms. The largest absolute Gasteiger partial charge is 0.507 e. The molecule has 1 heterocycles. The molecule has 1 N–H and O–H groups in total. The molecule has 2 aromatic rings. The number of hydrogen-bond donors (Lipinski definition) is 1. The first-order chi connectivity index (χ1) is 16.4.